The summed E-state index contributed by atoms with van der Waals surface area (Å²) >= 11 is 0.587. The molecular formula is C21H27NSe. The van der Waals surface area contributed by atoms with Crippen molar-refractivity contribution in [3.63, 3.8) is 0 Å². The summed E-state index contributed by atoms with van der Waals surface area (Å²) in [5.41, 5.74) is 1.81. The van der Waals surface area contributed by atoms with Crippen LogP contribution < -0.4 is 4.46 Å². The van der Waals surface area contributed by atoms with E-state index in [-0.39, 0.29) is 0 Å². The van der Waals surface area contributed by atoms with Crippen molar-refractivity contribution in [1.82, 2.24) is 4.90 Å². The molecule has 0 N–H and O–H groups in total. The Bertz CT molecular complexity index is 603. The average molecular weight is 372 g/mol. The molecule has 0 saturated carbocycles. The third-order valence-electron chi connectivity index (χ3n) is 4.76. The van der Waals surface area contributed by atoms with E-state index in [1.807, 2.05) is 0 Å². The van der Waals surface area contributed by atoms with Crippen molar-refractivity contribution < 1.29 is 0 Å². The van der Waals surface area contributed by atoms with Crippen LogP contribution in [-0.4, -0.2) is 31.9 Å². The maximum absolute atomic E-state index is 2.75. The van der Waals surface area contributed by atoms with Gasteiger partial charge in [0.1, 0.15) is 0 Å². The van der Waals surface area contributed by atoms with Gasteiger partial charge in [0, 0.05) is 0 Å². The SMILES string of the molecule is CC(C)(C)[C@H]1C[C@@H](C[Se]c2ccccc2)N1Cc1ccccc1. The molecule has 0 bridgehead atoms. The Labute approximate surface area is 147 Å². The predicted octanol–water partition coefficient (Wildman–Crippen LogP) is 4.12. The molecule has 2 heteroatoms. The summed E-state index contributed by atoms with van der Waals surface area (Å²) in [5.74, 6) is 0. The molecule has 0 aliphatic carbocycles. The molecule has 1 nitrogen and oxygen atoms in total. The van der Waals surface area contributed by atoms with Gasteiger partial charge < -0.3 is 0 Å². The normalized spacial score (nSPS) is 21.9. The van der Waals surface area contributed by atoms with E-state index in [0.29, 0.717) is 26.4 Å². The first-order valence-electron chi connectivity index (χ1n) is 8.51. The minimum absolute atomic E-state index is 0.366. The molecule has 1 aliphatic heterocycles. The van der Waals surface area contributed by atoms with Gasteiger partial charge in [0.05, 0.1) is 0 Å². The second kappa shape index (κ2) is 7.21. The number of nitrogens with zero attached hydrogens (tertiary/aromatic N) is 1. The van der Waals surface area contributed by atoms with E-state index in [0.717, 1.165) is 12.6 Å². The first-order valence-corrected chi connectivity index (χ1v) is 10.6. The molecule has 1 heterocycles. The summed E-state index contributed by atoms with van der Waals surface area (Å²) in [4.78, 5) is 2.75. The Morgan fingerprint density at radius 2 is 1.57 bits per heavy atom. The van der Waals surface area contributed by atoms with Gasteiger partial charge in [-0.2, -0.15) is 0 Å². The van der Waals surface area contributed by atoms with Crippen LogP contribution in [0, 0.1) is 5.41 Å². The zero-order valence-electron chi connectivity index (χ0n) is 14.4. The molecule has 1 saturated heterocycles. The van der Waals surface area contributed by atoms with Crippen LogP contribution in [0.15, 0.2) is 60.7 Å². The van der Waals surface area contributed by atoms with E-state index < -0.39 is 0 Å². The molecule has 0 unspecified atom stereocenters. The molecule has 0 amide bonds. The first kappa shape index (κ1) is 16.8. The number of hydrogen-bond donors (Lipinski definition) is 0. The Morgan fingerprint density at radius 1 is 0.957 bits per heavy atom. The van der Waals surface area contributed by atoms with Crippen LogP contribution in [-0.2, 0) is 6.54 Å². The summed E-state index contributed by atoms with van der Waals surface area (Å²) in [7, 11) is 0. The van der Waals surface area contributed by atoms with Crippen LogP contribution in [0.2, 0.25) is 5.32 Å². The maximum atomic E-state index is 2.75. The van der Waals surface area contributed by atoms with E-state index in [9.17, 15) is 0 Å². The molecular weight excluding hydrogens is 345 g/mol. The molecule has 2 aromatic carbocycles. The van der Waals surface area contributed by atoms with E-state index in [4.69, 9.17) is 0 Å². The van der Waals surface area contributed by atoms with Crippen LogP contribution in [0.4, 0.5) is 0 Å². The van der Waals surface area contributed by atoms with Gasteiger partial charge in [-0.05, 0) is 0 Å². The van der Waals surface area contributed by atoms with E-state index in [1.54, 1.807) is 0 Å². The molecule has 0 spiro atoms. The summed E-state index contributed by atoms with van der Waals surface area (Å²) in [6.45, 7) is 8.25. The number of benzene rings is 2. The first-order chi connectivity index (χ1) is 11.0. The van der Waals surface area contributed by atoms with Gasteiger partial charge in [0.2, 0.25) is 0 Å². The van der Waals surface area contributed by atoms with Gasteiger partial charge in [-0.15, -0.1) is 0 Å². The van der Waals surface area contributed by atoms with Gasteiger partial charge in [-0.25, -0.2) is 0 Å². The van der Waals surface area contributed by atoms with Crippen molar-refractivity contribution in [2.75, 3.05) is 0 Å². The monoisotopic (exact) mass is 373 g/mol. The molecule has 2 atom stereocenters. The minimum atomic E-state index is 0.366. The zero-order chi connectivity index (χ0) is 16.3. The fraction of sp³-hybridized carbons (Fsp3) is 0.429. The number of likely N-dealkylation sites (tertiary alicyclic amines) is 1. The van der Waals surface area contributed by atoms with E-state index in [2.05, 4.69) is 86.3 Å². The standard InChI is InChI=1S/C21H27NSe/c1-21(2,3)20-14-18(16-23-19-12-8-5-9-13-19)22(20)15-17-10-6-4-7-11-17/h4-13,18,20H,14-16H2,1-3H3/t18-,20+/m0/s1. The van der Waals surface area contributed by atoms with Crippen molar-refractivity contribution in [1.29, 1.82) is 0 Å². The summed E-state index contributed by atoms with van der Waals surface area (Å²) < 4.78 is 1.53. The summed E-state index contributed by atoms with van der Waals surface area (Å²) in [6, 6.07) is 23.4. The third kappa shape index (κ3) is 4.26. The number of hydrogen-bond acceptors (Lipinski definition) is 1. The summed E-state index contributed by atoms with van der Waals surface area (Å²) in [6.07, 6.45) is 1.35. The fourth-order valence-corrected chi connectivity index (χ4v) is 5.63. The van der Waals surface area contributed by atoms with Crippen LogP contribution in [0.3, 0.4) is 0 Å². The molecule has 122 valence electrons. The topological polar surface area (TPSA) is 3.24 Å². The molecule has 3 rings (SSSR count). The van der Waals surface area contributed by atoms with E-state index >= 15 is 0 Å². The third-order valence-corrected chi connectivity index (χ3v) is 7.19. The van der Waals surface area contributed by atoms with Crippen LogP contribution in [0.25, 0.3) is 0 Å². The van der Waals surface area contributed by atoms with Crippen molar-refractivity contribution in [3.05, 3.63) is 66.2 Å². The van der Waals surface area contributed by atoms with Crippen LogP contribution in [0.1, 0.15) is 32.8 Å². The van der Waals surface area contributed by atoms with Crippen LogP contribution >= 0.6 is 0 Å². The zero-order valence-corrected chi connectivity index (χ0v) is 16.1. The van der Waals surface area contributed by atoms with Gasteiger partial charge >= 0.3 is 147 Å². The van der Waals surface area contributed by atoms with E-state index in [1.165, 1.54) is 21.8 Å². The van der Waals surface area contributed by atoms with Gasteiger partial charge in [0.15, 0.2) is 0 Å². The van der Waals surface area contributed by atoms with Gasteiger partial charge in [-0.1, -0.05) is 0 Å². The van der Waals surface area contributed by atoms with Crippen molar-refractivity contribution in [2.24, 2.45) is 5.41 Å². The molecule has 1 aliphatic rings. The van der Waals surface area contributed by atoms with Crippen molar-refractivity contribution in [3.8, 4) is 0 Å². The predicted molar refractivity (Wildman–Crippen MR) is 100 cm³/mol. The Kier molecular flexibility index (Phi) is 5.26. The average Bonchev–Trinajstić information content (AvgIpc) is 2.52. The quantitative estimate of drug-likeness (QED) is 0.714. The Hall–Kier alpha value is -1.08. The van der Waals surface area contributed by atoms with Crippen molar-refractivity contribution in [2.45, 2.75) is 51.1 Å². The molecule has 23 heavy (non-hydrogen) atoms. The second-order valence-electron chi connectivity index (χ2n) is 7.55. The van der Waals surface area contributed by atoms with Crippen LogP contribution in [0.5, 0.6) is 0 Å². The Balaban J connectivity index is 1.65. The summed E-state index contributed by atoms with van der Waals surface area (Å²) in [5, 5.41) is 1.33. The fourth-order valence-electron chi connectivity index (χ4n) is 3.40. The molecule has 0 radical (unpaired) electrons. The van der Waals surface area contributed by atoms with Gasteiger partial charge in [0.25, 0.3) is 0 Å². The van der Waals surface area contributed by atoms with Crippen molar-refractivity contribution >= 4 is 19.4 Å². The van der Waals surface area contributed by atoms with Gasteiger partial charge in [-0.3, -0.25) is 0 Å². The molecule has 2 aromatic rings. The molecule has 0 aromatic heterocycles. The Morgan fingerprint density at radius 3 is 2.17 bits per heavy atom. The number of rotatable bonds is 5. The molecule has 1 fully saturated rings. The second-order valence-corrected chi connectivity index (χ2v) is 9.85.